The minimum atomic E-state index is -0.533. The van der Waals surface area contributed by atoms with Gasteiger partial charge in [0.05, 0.1) is 17.7 Å². The number of nitrogens with zero attached hydrogens (tertiary/aromatic N) is 3. The van der Waals surface area contributed by atoms with Gasteiger partial charge in [-0.2, -0.15) is 5.26 Å². The number of hydrogen-bond donors (Lipinski definition) is 1. The first-order valence-corrected chi connectivity index (χ1v) is 6.03. The molecular formula is C14H21N3O. The molecule has 4 nitrogen and oxygen atoms in total. The minimum Gasteiger partial charge on any atom is -0.389 e. The molecule has 0 radical (unpaired) electrons. The Balaban J connectivity index is 3.00. The second-order valence-corrected chi connectivity index (χ2v) is 4.79. The lowest BCUT2D eigenvalue weighted by Gasteiger charge is -2.25. The van der Waals surface area contributed by atoms with Crippen LogP contribution in [0.2, 0.25) is 0 Å². The second kappa shape index (κ2) is 6.39. The molecule has 4 heteroatoms. The third-order valence-corrected chi connectivity index (χ3v) is 2.90. The zero-order chi connectivity index (χ0) is 13.7. The van der Waals surface area contributed by atoms with Gasteiger partial charge < -0.3 is 14.9 Å². The minimum absolute atomic E-state index is 0.533. The highest BCUT2D eigenvalue weighted by molar-refractivity contribution is 5.58. The van der Waals surface area contributed by atoms with E-state index in [1.54, 1.807) is 13.0 Å². The van der Waals surface area contributed by atoms with Gasteiger partial charge in [-0.15, -0.1) is 0 Å². The maximum absolute atomic E-state index is 9.77. The molecular weight excluding hydrogens is 226 g/mol. The van der Waals surface area contributed by atoms with Crippen molar-refractivity contribution in [3.63, 3.8) is 0 Å². The van der Waals surface area contributed by atoms with Crippen LogP contribution >= 0.6 is 0 Å². The van der Waals surface area contributed by atoms with E-state index in [2.05, 4.69) is 15.9 Å². The normalized spacial score (nSPS) is 12.3. The smallest absolute Gasteiger partial charge is 0.0992 e. The summed E-state index contributed by atoms with van der Waals surface area (Å²) in [6.07, 6.45) is -0.533. The van der Waals surface area contributed by atoms with Crippen molar-refractivity contribution in [2.24, 2.45) is 0 Å². The summed E-state index contributed by atoms with van der Waals surface area (Å²) in [7, 11) is 6.02. The van der Waals surface area contributed by atoms with Crippen LogP contribution in [0.4, 0.5) is 5.69 Å². The molecule has 0 fully saturated rings. The molecule has 1 rings (SSSR count). The Hall–Kier alpha value is -1.57. The van der Waals surface area contributed by atoms with Crippen molar-refractivity contribution >= 4 is 5.69 Å². The molecule has 0 aromatic heterocycles. The van der Waals surface area contributed by atoms with Crippen molar-refractivity contribution < 1.29 is 5.11 Å². The summed E-state index contributed by atoms with van der Waals surface area (Å²) in [4.78, 5) is 4.18. The van der Waals surface area contributed by atoms with E-state index in [-0.39, 0.29) is 0 Å². The molecule has 1 aromatic carbocycles. The molecule has 0 heterocycles. The van der Waals surface area contributed by atoms with E-state index < -0.39 is 6.10 Å². The third kappa shape index (κ3) is 3.73. The molecule has 0 spiro atoms. The summed E-state index contributed by atoms with van der Waals surface area (Å²) in [6, 6.07) is 7.53. The van der Waals surface area contributed by atoms with Gasteiger partial charge in [-0.3, -0.25) is 0 Å². The summed E-state index contributed by atoms with van der Waals surface area (Å²) in [5.74, 6) is 0. The molecule has 1 unspecified atom stereocenters. The lowest BCUT2D eigenvalue weighted by molar-refractivity contribution is 0.199. The number of benzene rings is 1. The summed E-state index contributed by atoms with van der Waals surface area (Å²) >= 11 is 0. The Bertz CT molecular complexity index is 435. The zero-order valence-electron chi connectivity index (χ0n) is 11.5. The Labute approximate surface area is 109 Å². The molecule has 18 heavy (non-hydrogen) atoms. The number of anilines is 1. The molecule has 1 aromatic rings. The van der Waals surface area contributed by atoms with Crippen LogP contribution in [0.1, 0.15) is 24.2 Å². The van der Waals surface area contributed by atoms with Gasteiger partial charge in [0, 0.05) is 31.4 Å². The summed E-state index contributed by atoms with van der Waals surface area (Å²) in [6.45, 7) is 3.51. The highest BCUT2D eigenvalue weighted by Gasteiger charge is 2.12. The van der Waals surface area contributed by atoms with Crippen LogP contribution in [0.25, 0.3) is 0 Å². The van der Waals surface area contributed by atoms with E-state index in [0.29, 0.717) is 5.56 Å². The lowest BCUT2D eigenvalue weighted by atomic mass is 10.0. The van der Waals surface area contributed by atoms with Gasteiger partial charge in [-0.1, -0.05) is 6.07 Å². The van der Waals surface area contributed by atoms with Gasteiger partial charge in [-0.25, -0.2) is 0 Å². The maximum Gasteiger partial charge on any atom is 0.0992 e. The number of hydrogen-bond acceptors (Lipinski definition) is 4. The van der Waals surface area contributed by atoms with E-state index in [4.69, 9.17) is 5.26 Å². The van der Waals surface area contributed by atoms with E-state index in [1.807, 2.05) is 33.3 Å². The van der Waals surface area contributed by atoms with Gasteiger partial charge in [0.1, 0.15) is 0 Å². The lowest BCUT2D eigenvalue weighted by Crippen LogP contribution is -2.29. The standard InChI is InChI=1S/C14H21N3O/c1-11(18)13-6-5-12(10-15)9-14(13)17(4)8-7-16(2)3/h5-6,9,11,18H,7-8H2,1-4H3. The first-order chi connectivity index (χ1) is 8.45. The van der Waals surface area contributed by atoms with Crippen LogP contribution in [0.15, 0.2) is 18.2 Å². The van der Waals surface area contributed by atoms with Gasteiger partial charge >= 0.3 is 0 Å². The summed E-state index contributed by atoms with van der Waals surface area (Å²) < 4.78 is 0. The fraction of sp³-hybridized carbons (Fsp3) is 0.500. The quantitative estimate of drug-likeness (QED) is 0.859. The zero-order valence-corrected chi connectivity index (χ0v) is 11.5. The van der Waals surface area contributed by atoms with Crippen molar-refractivity contribution in [2.75, 3.05) is 39.1 Å². The second-order valence-electron chi connectivity index (χ2n) is 4.79. The van der Waals surface area contributed by atoms with Crippen LogP contribution in [0.3, 0.4) is 0 Å². The fourth-order valence-corrected chi connectivity index (χ4v) is 1.77. The van der Waals surface area contributed by atoms with Gasteiger partial charge in [0.2, 0.25) is 0 Å². The number of aliphatic hydroxyl groups excluding tert-OH is 1. The molecule has 1 N–H and O–H groups in total. The summed E-state index contributed by atoms with van der Waals surface area (Å²) in [5.41, 5.74) is 2.40. The Morgan fingerprint density at radius 3 is 2.44 bits per heavy atom. The predicted molar refractivity (Wildman–Crippen MR) is 73.6 cm³/mol. The maximum atomic E-state index is 9.77. The average molecular weight is 247 g/mol. The molecule has 0 aliphatic rings. The highest BCUT2D eigenvalue weighted by atomic mass is 16.3. The van der Waals surface area contributed by atoms with E-state index >= 15 is 0 Å². The fourth-order valence-electron chi connectivity index (χ4n) is 1.77. The Kier molecular flexibility index (Phi) is 5.14. The van der Waals surface area contributed by atoms with Crippen LogP contribution in [-0.4, -0.2) is 44.2 Å². The van der Waals surface area contributed by atoms with Crippen LogP contribution in [-0.2, 0) is 0 Å². The van der Waals surface area contributed by atoms with Gasteiger partial charge in [-0.05, 0) is 33.2 Å². The molecule has 0 bridgehead atoms. The SMILES string of the molecule is CC(O)c1ccc(C#N)cc1N(C)CCN(C)C. The van der Waals surface area contributed by atoms with E-state index in [1.165, 1.54) is 0 Å². The molecule has 0 amide bonds. The number of aliphatic hydroxyl groups is 1. The van der Waals surface area contributed by atoms with Gasteiger partial charge in [0.15, 0.2) is 0 Å². The monoisotopic (exact) mass is 247 g/mol. The number of rotatable bonds is 5. The van der Waals surface area contributed by atoms with Crippen molar-refractivity contribution in [3.05, 3.63) is 29.3 Å². The van der Waals surface area contributed by atoms with E-state index in [0.717, 1.165) is 24.3 Å². The molecule has 0 saturated heterocycles. The van der Waals surface area contributed by atoms with Crippen LogP contribution < -0.4 is 4.90 Å². The molecule has 0 aliphatic heterocycles. The molecule has 0 saturated carbocycles. The van der Waals surface area contributed by atoms with Crippen molar-refractivity contribution in [1.29, 1.82) is 5.26 Å². The summed E-state index contributed by atoms with van der Waals surface area (Å²) in [5, 5.41) is 18.7. The van der Waals surface area contributed by atoms with Crippen LogP contribution in [0.5, 0.6) is 0 Å². The first-order valence-electron chi connectivity index (χ1n) is 6.03. The molecule has 0 aliphatic carbocycles. The van der Waals surface area contributed by atoms with Crippen molar-refractivity contribution in [3.8, 4) is 6.07 Å². The number of nitriles is 1. The highest BCUT2D eigenvalue weighted by Crippen LogP contribution is 2.26. The van der Waals surface area contributed by atoms with Crippen molar-refractivity contribution in [2.45, 2.75) is 13.0 Å². The predicted octanol–water partition coefficient (Wildman–Crippen LogP) is 1.61. The van der Waals surface area contributed by atoms with E-state index in [9.17, 15) is 5.11 Å². The molecule has 1 atom stereocenters. The Morgan fingerprint density at radius 2 is 1.94 bits per heavy atom. The number of likely N-dealkylation sites (N-methyl/N-ethyl adjacent to an activating group) is 2. The average Bonchev–Trinajstić information content (AvgIpc) is 2.34. The van der Waals surface area contributed by atoms with Crippen LogP contribution in [0, 0.1) is 11.3 Å². The first kappa shape index (κ1) is 14.5. The van der Waals surface area contributed by atoms with Crippen molar-refractivity contribution in [1.82, 2.24) is 4.90 Å². The topological polar surface area (TPSA) is 50.5 Å². The Morgan fingerprint density at radius 1 is 1.28 bits per heavy atom. The van der Waals surface area contributed by atoms with Gasteiger partial charge in [0.25, 0.3) is 0 Å². The third-order valence-electron chi connectivity index (χ3n) is 2.90. The largest absolute Gasteiger partial charge is 0.389 e. The molecule has 98 valence electrons.